The van der Waals surface area contributed by atoms with Crippen molar-refractivity contribution in [1.29, 1.82) is 0 Å². The standard InChI is InChI=1S/C22H22N2O3/c1-17(24-22(25)16-27-20-7-3-2-4-8-20)19-9-11-21(12-10-19)26-15-18-6-5-13-23-14-18/h2-14,17H,15-16H2,1H3,(H,24,25)/t17-/m0/s1. The normalized spacial score (nSPS) is 11.4. The van der Waals surface area contributed by atoms with Gasteiger partial charge in [0, 0.05) is 18.0 Å². The quantitative estimate of drug-likeness (QED) is 0.660. The fourth-order valence-electron chi connectivity index (χ4n) is 2.53. The van der Waals surface area contributed by atoms with Crippen LogP contribution in [-0.4, -0.2) is 17.5 Å². The van der Waals surface area contributed by atoms with E-state index in [0.717, 1.165) is 16.9 Å². The van der Waals surface area contributed by atoms with Crippen LogP contribution in [0.1, 0.15) is 24.1 Å². The van der Waals surface area contributed by atoms with Gasteiger partial charge >= 0.3 is 0 Å². The number of nitrogens with zero attached hydrogens (tertiary/aromatic N) is 1. The van der Waals surface area contributed by atoms with E-state index in [-0.39, 0.29) is 18.6 Å². The molecular weight excluding hydrogens is 340 g/mol. The Hall–Kier alpha value is -3.34. The number of pyridine rings is 1. The fourth-order valence-corrected chi connectivity index (χ4v) is 2.53. The Labute approximate surface area is 159 Å². The first-order valence-corrected chi connectivity index (χ1v) is 8.79. The Kier molecular flexibility index (Phi) is 6.41. The van der Waals surface area contributed by atoms with Crippen LogP contribution in [0.5, 0.6) is 11.5 Å². The Morgan fingerprint density at radius 2 is 1.70 bits per heavy atom. The molecule has 138 valence electrons. The van der Waals surface area contributed by atoms with Crippen LogP contribution in [0.15, 0.2) is 79.1 Å². The average Bonchev–Trinajstić information content (AvgIpc) is 2.72. The van der Waals surface area contributed by atoms with E-state index in [1.165, 1.54) is 0 Å². The summed E-state index contributed by atoms with van der Waals surface area (Å²) in [6.07, 6.45) is 3.52. The molecule has 0 bridgehead atoms. The Morgan fingerprint density at radius 1 is 0.963 bits per heavy atom. The second-order valence-corrected chi connectivity index (χ2v) is 6.11. The summed E-state index contributed by atoms with van der Waals surface area (Å²) in [5.41, 5.74) is 2.01. The van der Waals surface area contributed by atoms with Gasteiger partial charge in [0.1, 0.15) is 18.1 Å². The van der Waals surface area contributed by atoms with E-state index in [0.29, 0.717) is 12.4 Å². The van der Waals surface area contributed by atoms with Crippen LogP contribution in [0.25, 0.3) is 0 Å². The molecule has 2 aromatic carbocycles. The molecule has 0 aliphatic carbocycles. The lowest BCUT2D eigenvalue weighted by molar-refractivity contribution is -0.123. The summed E-state index contributed by atoms with van der Waals surface area (Å²) in [6, 6.07) is 20.7. The molecule has 3 aromatic rings. The molecule has 0 saturated carbocycles. The summed E-state index contributed by atoms with van der Waals surface area (Å²) in [6.45, 7) is 2.39. The number of aromatic nitrogens is 1. The van der Waals surface area contributed by atoms with Crippen molar-refractivity contribution in [3.63, 3.8) is 0 Å². The molecule has 5 heteroatoms. The van der Waals surface area contributed by atoms with Crippen LogP contribution in [0.3, 0.4) is 0 Å². The number of hydrogen-bond donors (Lipinski definition) is 1. The lowest BCUT2D eigenvalue weighted by Crippen LogP contribution is -2.31. The predicted molar refractivity (Wildman–Crippen MR) is 104 cm³/mol. The van der Waals surface area contributed by atoms with Crippen LogP contribution in [0.2, 0.25) is 0 Å². The van der Waals surface area contributed by atoms with E-state index in [1.807, 2.05) is 73.7 Å². The van der Waals surface area contributed by atoms with Gasteiger partial charge in [-0.1, -0.05) is 36.4 Å². The fraction of sp³-hybridized carbons (Fsp3) is 0.182. The van der Waals surface area contributed by atoms with E-state index in [4.69, 9.17) is 9.47 Å². The van der Waals surface area contributed by atoms with Gasteiger partial charge in [0.15, 0.2) is 6.61 Å². The average molecular weight is 362 g/mol. The second-order valence-electron chi connectivity index (χ2n) is 6.11. The van der Waals surface area contributed by atoms with E-state index in [9.17, 15) is 4.79 Å². The second kappa shape index (κ2) is 9.38. The smallest absolute Gasteiger partial charge is 0.258 e. The van der Waals surface area contributed by atoms with Crippen LogP contribution < -0.4 is 14.8 Å². The molecule has 27 heavy (non-hydrogen) atoms. The van der Waals surface area contributed by atoms with Crippen LogP contribution in [0, 0.1) is 0 Å². The topological polar surface area (TPSA) is 60.5 Å². The Morgan fingerprint density at radius 3 is 2.41 bits per heavy atom. The zero-order valence-corrected chi connectivity index (χ0v) is 15.2. The highest BCUT2D eigenvalue weighted by Crippen LogP contribution is 2.18. The van der Waals surface area contributed by atoms with Gasteiger partial charge in [-0.25, -0.2) is 0 Å². The summed E-state index contributed by atoms with van der Waals surface area (Å²) in [5, 5.41) is 2.93. The van der Waals surface area contributed by atoms with Crippen molar-refractivity contribution in [3.05, 3.63) is 90.3 Å². The molecule has 1 atom stereocenters. The molecule has 5 nitrogen and oxygen atoms in total. The molecule has 1 heterocycles. The minimum absolute atomic E-state index is 0.0132. The van der Waals surface area contributed by atoms with Crippen molar-refractivity contribution in [2.75, 3.05) is 6.61 Å². The van der Waals surface area contributed by atoms with Crippen molar-refractivity contribution in [3.8, 4) is 11.5 Å². The van der Waals surface area contributed by atoms with Gasteiger partial charge in [-0.3, -0.25) is 9.78 Å². The van der Waals surface area contributed by atoms with Gasteiger partial charge in [0.05, 0.1) is 6.04 Å². The van der Waals surface area contributed by atoms with Crippen molar-refractivity contribution in [2.24, 2.45) is 0 Å². The summed E-state index contributed by atoms with van der Waals surface area (Å²) < 4.78 is 11.2. The lowest BCUT2D eigenvalue weighted by Gasteiger charge is -2.15. The van der Waals surface area contributed by atoms with E-state index in [1.54, 1.807) is 12.4 Å². The minimum atomic E-state index is -0.164. The third-order valence-electron chi connectivity index (χ3n) is 4.00. The van der Waals surface area contributed by atoms with E-state index >= 15 is 0 Å². The van der Waals surface area contributed by atoms with Gasteiger partial charge < -0.3 is 14.8 Å². The number of ether oxygens (including phenoxy) is 2. The van der Waals surface area contributed by atoms with Crippen LogP contribution in [-0.2, 0) is 11.4 Å². The van der Waals surface area contributed by atoms with Crippen molar-refractivity contribution in [2.45, 2.75) is 19.6 Å². The molecular formula is C22H22N2O3. The summed E-state index contributed by atoms with van der Waals surface area (Å²) in [7, 11) is 0. The highest BCUT2D eigenvalue weighted by molar-refractivity contribution is 5.78. The molecule has 0 spiro atoms. The van der Waals surface area contributed by atoms with Gasteiger partial charge in [-0.05, 0) is 42.8 Å². The Bertz CT molecular complexity index is 836. The molecule has 0 unspecified atom stereocenters. The minimum Gasteiger partial charge on any atom is -0.489 e. The van der Waals surface area contributed by atoms with Crippen LogP contribution >= 0.6 is 0 Å². The molecule has 0 fully saturated rings. The van der Waals surface area contributed by atoms with Gasteiger partial charge in [-0.15, -0.1) is 0 Å². The molecule has 0 saturated heterocycles. The molecule has 1 amide bonds. The molecule has 1 aromatic heterocycles. The predicted octanol–water partition coefficient (Wildman–Crippen LogP) is 3.92. The van der Waals surface area contributed by atoms with Gasteiger partial charge in [-0.2, -0.15) is 0 Å². The van der Waals surface area contributed by atoms with Crippen molar-refractivity contribution in [1.82, 2.24) is 10.3 Å². The number of hydrogen-bond acceptors (Lipinski definition) is 4. The van der Waals surface area contributed by atoms with E-state index < -0.39 is 0 Å². The molecule has 0 radical (unpaired) electrons. The summed E-state index contributed by atoms with van der Waals surface area (Å²) >= 11 is 0. The third kappa shape index (κ3) is 5.85. The lowest BCUT2D eigenvalue weighted by atomic mass is 10.1. The maximum atomic E-state index is 12.1. The first kappa shape index (κ1) is 18.5. The molecule has 0 aliphatic heterocycles. The monoisotopic (exact) mass is 362 g/mol. The number of para-hydroxylation sites is 1. The zero-order chi connectivity index (χ0) is 18.9. The number of rotatable bonds is 8. The molecule has 3 rings (SSSR count). The number of carbonyl (C=O) groups is 1. The summed E-state index contributed by atoms with van der Waals surface area (Å²) in [5.74, 6) is 1.28. The van der Waals surface area contributed by atoms with Crippen molar-refractivity contribution < 1.29 is 14.3 Å². The largest absolute Gasteiger partial charge is 0.489 e. The first-order valence-electron chi connectivity index (χ1n) is 8.79. The van der Waals surface area contributed by atoms with Gasteiger partial charge in [0.2, 0.25) is 0 Å². The van der Waals surface area contributed by atoms with E-state index in [2.05, 4.69) is 10.3 Å². The number of benzene rings is 2. The Balaban J connectivity index is 1.46. The summed E-state index contributed by atoms with van der Waals surface area (Å²) in [4.78, 5) is 16.1. The first-order chi connectivity index (χ1) is 13.2. The van der Waals surface area contributed by atoms with Crippen molar-refractivity contribution >= 4 is 5.91 Å². The highest BCUT2D eigenvalue weighted by atomic mass is 16.5. The number of nitrogens with one attached hydrogen (secondary N) is 1. The number of amides is 1. The van der Waals surface area contributed by atoms with Crippen LogP contribution in [0.4, 0.5) is 0 Å². The maximum Gasteiger partial charge on any atom is 0.258 e. The zero-order valence-electron chi connectivity index (χ0n) is 15.2. The maximum absolute atomic E-state index is 12.1. The third-order valence-corrected chi connectivity index (χ3v) is 4.00. The SMILES string of the molecule is C[C@H](NC(=O)COc1ccccc1)c1ccc(OCc2cccnc2)cc1. The number of carbonyl (C=O) groups excluding carboxylic acids is 1. The molecule has 1 N–H and O–H groups in total. The van der Waals surface area contributed by atoms with Gasteiger partial charge in [0.25, 0.3) is 5.91 Å². The highest BCUT2D eigenvalue weighted by Gasteiger charge is 2.10. The molecule has 0 aliphatic rings.